The second-order valence-electron chi connectivity index (χ2n) is 9.40. The van der Waals surface area contributed by atoms with E-state index in [1.54, 1.807) is 19.2 Å². The van der Waals surface area contributed by atoms with Crippen LogP contribution in [0.25, 0.3) is 0 Å². The Morgan fingerprint density at radius 1 is 1.19 bits per heavy atom. The van der Waals surface area contributed by atoms with Crippen molar-refractivity contribution >= 4 is 10.0 Å². The number of sulfonamides is 1. The van der Waals surface area contributed by atoms with Crippen LogP contribution >= 0.6 is 0 Å². The fraction of sp³-hybridized carbons (Fsp3) is 0.423. The van der Waals surface area contributed by atoms with E-state index in [0.29, 0.717) is 24.0 Å². The predicted octanol–water partition coefficient (Wildman–Crippen LogP) is 5.40. The lowest BCUT2D eigenvalue weighted by Crippen LogP contribution is -2.26. The Morgan fingerprint density at radius 2 is 1.97 bits per heavy atom. The van der Waals surface area contributed by atoms with Crippen LogP contribution in [-0.2, 0) is 42.5 Å². The van der Waals surface area contributed by atoms with Gasteiger partial charge in [0.1, 0.15) is 10.7 Å². The van der Waals surface area contributed by atoms with Gasteiger partial charge in [-0.05, 0) is 71.9 Å². The van der Waals surface area contributed by atoms with E-state index in [0.717, 1.165) is 30.0 Å². The zero-order chi connectivity index (χ0) is 26.1. The molecule has 0 bridgehead atoms. The maximum Gasteiger partial charge on any atom is 0.416 e. The van der Waals surface area contributed by atoms with Crippen molar-refractivity contribution in [2.75, 3.05) is 6.54 Å². The summed E-state index contributed by atoms with van der Waals surface area (Å²) >= 11 is 0. The van der Waals surface area contributed by atoms with Gasteiger partial charge in [-0.3, -0.25) is 4.68 Å². The molecule has 2 unspecified atom stereocenters. The molecule has 0 aliphatic heterocycles. The third kappa shape index (κ3) is 5.81. The molecule has 1 N–H and O–H groups in total. The molecule has 0 saturated heterocycles. The first-order valence-electron chi connectivity index (χ1n) is 11.9. The second kappa shape index (κ2) is 10.3. The van der Waals surface area contributed by atoms with E-state index in [4.69, 9.17) is 0 Å². The van der Waals surface area contributed by atoms with E-state index in [9.17, 15) is 26.0 Å². The van der Waals surface area contributed by atoms with Gasteiger partial charge in [0.15, 0.2) is 0 Å². The summed E-state index contributed by atoms with van der Waals surface area (Å²) in [5.74, 6) is -0.225. The number of rotatable bonds is 9. The Bertz CT molecular complexity index is 1340. The average molecular weight is 524 g/mol. The van der Waals surface area contributed by atoms with Gasteiger partial charge in [0, 0.05) is 19.8 Å². The van der Waals surface area contributed by atoms with Gasteiger partial charge in [-0.25, -0.2) is 17.5 Å². The first-order chi connectivity index (χ1) is 17.0. The molecule has 4 rings (SSSR count). The molecule has 2 atom stereocenters. The highest BCUT2D eigenvalue weighted by molar-refractivity contribution is 7.89. The number of nitrogens with zero attached hydrogens (tertiary/aromatic N) is 2. The van der Waals surface area contributed by atoms with Gasteiger partial charge in [-0.15, -0.1) is 0 Å². The van der Waals surface area contributed by atoms with E-state index in [-0.39, 0.29) is 29.7 Å². The van der Waals surface area contributed by atoms with Crippen molar-refractivity contribution in [1.29, 1.82) is 0 Å². The lowest BCUT2D eigenvalue weighted by atomic mass is 9.83. The highest BCUT2D eigenvalue weighted by Crippen LogP contribution is 2.43. The number of benzene rings is 2. The third-order valence-electron chi connectivity index (χ3n) is 6.81. The Morgan fingerprint density at radius 3 is 2.64 bits per heavy atom. The summed E-state index contributed by atoms with van der Waals surface area (Å²) in [7, 11) is -2.15. The van der Waals surface area contributed by atoms with Crippen molar-refractivity contribution in [1.82, 2.24) is 14.5 Å². The third-order valence-corrected chi connectivity index (χ3v) is 8.22. The van der Waals surface area contributed by atoms with Crippen molar-refractivity contribution in [2.24, 2.45) is 13.0 Å². The number of hydrogen-bond donors (Lipinski definition) is 1. The summed E-state index contributed by atoms with van der Waals surface area (Å²) in [5.41, 5.74) is 2.12. The first-order valence-corrected chi connectivity index (χ1v) is 13.4. The summed E-state index contributed by atoms with van der Waals surface area (Å²) in [4.78, 5) is 0.0305. The molecular weight excluding hydrogens is 494 g/mol. The number of alkyl halides is 3. The number of halogens is 4. The van der Waals surface area contributed by atoms with Crippen LogP contribution in [0.2, 0.25) is 0 Å². The van der Waals surface area contributed by atoms with E-state index in [1.165, 1.54) is 35.3 Å². The Kier molecular flexibility index (Phi) is 7.56. The van der Waals surface area contributed by atoms with Crippen molar-refractivity contribution in [3.63, 3.8) is 0 Å². The number of fused-ring (bicyclic) bond motifs is 1. The molecule has 3 aromatic rings. The summed E-state index contributed by atoms with van der Waals surface area (Å²) in [6.45, 7) is 2.06. The molecule has 0 fully saturated rings. The van der Waals surface area contributed by atoms with Crippen LogP contribution in [0.4, 0.5) is 17.6 Å². The van der Waals surface area contributed by atoms with E-state index in [1.807, 2.05) is 0 Å². The zero-order valence-electron chi connectivity index (χ0n) is 20.1. The molecule has 0 amide bonds. The van der Waals surface area contributed by atoms with Gasteiger partial charge in [0.2, 0.25) is 10.0 Å². The Labute approximate surface area is 208 Å². The molecule has 1 aliphatic rings. The van der Waals surface area contributed by atoms with Crippen LogP contribution in [0.15, 0.2) is 53.7 Å². The van der Waals surface area contributed by atoms with Gasteiger partial charge in [-0.1, -0.05) is 37.6 Å². The van der Waals surface area contributed by atoms with Crippen molar-refractivity contribution in [3.8, 4) is 0 Å². The van der Waals surface area contributed by atoms with E-state index < -0.39 is 27.6 Å². The standard InChI is InChI=1S/C26H29F4N3O2S/c1-3-5-18-12-20-14-25(27)19(8-9-32-36(34,35)22-15-31-33(2)16-22)13-24(20)23(18)11-17-6-4-7-21(10-17)26(28,29)30/h4,6-7,10,13-16,18,23,32H,3,5,8-9,11-12H2,1-2H3. The summed E-state index contributed by atoms with van der Waals surface area (Å²) in [5, 5.41) is 3.86. The smallest absolute Gasteiger partial charge is 0.274 e. The molecule has 194 valence electrons. The van der Waals surface area contributed by atoms with Gasteiger partial charge in [0.05, 0.1) is 11.8 Å². The molecular formula is C26H29F4N3O2S. The fourth-order valence-corrected chi connectivity index (χ4v) is 6.11. The molecule has 5 nitrogen and oxygen atoms in total. The normalized spacial score (nSPS) is 17.9. The molecule has 1 heterocycles. The maximum absolute atomic E-state index is 14.9. The van der Waals surface area contributed by atoms with Gasteiger partial charge in [-0.2, -0.15) is 18.3 Å². The van der Waals surface area contributed by atoms with Crippen LogP contribution in [0, 0.1) is 11.7 Å². The fourth-order valence-electron chi connectivity index (χ4n) is 5.09. The van der Waals surface area contributed by atoms with Gasteiger partial charge in [0.25, 0.3) is 0 Å². The van der Waals surface area contributed by atoms with Crippen LogP contribution in [0.5, 0.6) is 0 Å². The molecule has 0 saturated carbocycles. The van der Waals surface area contributed by atoms with Crippen LogP contribution in [0.3, 0.4) is 0 Å². The summed E-state index contributed by atoms with van der Waals surface area (Å²) in [6.07, 6.45) is 1.27. The molecule has 10 heteroatoms. The van der Waals surface area contributed by atoms with E-state index in [2.05, 4.69) is 16.7 Å². The van der Waals surface area contributed by atoms with Crippen molar-refractivity contribution in [2.45, 2.75) is 56.0 Å². The minimum absolute atomic E-state index is 0.00359. The topological polar surface area (TPSA) is 64.0 Å². The second-order valence-corrected chi connectivity index (χ2v) is 11.2. The molecule has 0 radical (unpaired) electrons. The first kappa shape index (κ1) is 26.3. The zero-order valence-corrected chi connectivity index (χ0v) is 21.0. The maximum atomic E-state index is 14.9. The quantitative estimate of drug-likeness (QED) is 0.382. The molecule has 36 heavy (non-hydrogen) atoms. The van der Waals surface area contributed by atoms with Crippen LogP contribution in [-0.4, -0.2) is 24.7 Å². The monoisotopic (exact) mass is 523 g/mol. The highest BCUT2D eigenvalue weighted by atomic mass is 32.2. The van der Waals surface area contributed by atoms with E-state index >= 15 is 0 Å². The average Bonchev–Trinajstić information content (AvgIpc) is 3.38. The minimum atomic E-state index is -4.41. The molecule has 2 aromatic carbocycles. The number of aromatic nitrogens is 2. The number of aryl methyl sites for hydroxylation is 1. The molecule has 1 aromatic heterocycles. The SMILES string of the molecule is CCCC1Cc2cc(F)c(CCNS(=O)(=O)c3cnn(C)c3)cc2C1Cc1cccc(C(F)(F)F)c1. The van der Waals surface area contributed by atoms with Crippen LogP contribution < -0.4 is 4.72 Å². The number of nitrogens with one attached hydrogen (secondary N) is 1. The predicted molar refractivity (Wildman–Crippen MR) is 128 cm³/mol. The van der Waals surface area contributed by atoms with Crippen molar-refractivity contribution in [3.05, 3.63) is 82.4 Å². The molecule has 1 aliphatic carbocycles. The lowest BCUT2D eigenvalue weighted by molar-refractivity contribution is -0.137. The Hall–Kier alpha value is -2.72. The van der Waals surface area contributed by atoms with Crippen molar-refractivity contribution < 1.29 is 26.0 Å². The lowest BCUT2D eigenvalue weighted by Gasteiger charge is -2.21. The largest absolute Gasteiger partial charge is 0.416 e. The Balaban J connectivity index is 1.55. The van der Waals surface area contributed by atoms with Gasteiger partial charge < -0.3 is 0 Å². The van der Waals surface area contributed by atoms with Crippen LogP contribution in [0.1, 0.15) is 53.5 Å². The number of hydrogen-bond acceptors (Lipinski definition) is 3. The summed E-state index contributed by atoms with van der Waals surface area (Å²) < 4.78 is 83.4. The minimum Gasteiger partial charge on any atom is -0.274 e. The molecule has 0 spiro atoms. The highest BCUT2D eigenvalue weighted by Gasteiger charge is 2.34. The van der Waals surface area contributed by atoms with Gasteiger partial charge >= 0.3 is 6.18 Å². The summed E-state index contributed by atoms with van der Waals surface area (Å²) in [6, 6.07) is 8.67.